The van der Waals surface area contributed by atoms with Crippen molar-refractivity contribution in [3.05, 3.63) is 34.7 Å². The van der Waals surface area contributed by atoms with E-state index in [-0.39, 0.29) is 17.8 Å². The summed E-state index contributed by atoms with van der Waals surface area (Å²) in [5.74, 6) is 1.60. The molecule has 0 saturated heterocycles. The van der Waals surface area contributed by atoms with Gasteiger partial charge in [-0.05, 0) is 19.1 Å². The SMILES string of the molecule is Cc1ccc(C=NNc2nc(C(C)(C)C)cs2)o1.[Cl-]. The second kappa shape index (κ2) is 6.21. The number of aryl methyl sites for hydroxylation is 1. The highest BCUT2D eigenvalue weighted by Crippen LogP contribution is 2.26. The van der Waals surface area contributed by atoms with Crippen LogP contribution in [0.25, 0.3) is 0 Å². The fourth-order valence-corrected chi connectivity index (χ4v) is 2.23. The van der Waals surface area contributed by atoms with Crippen LogP contribution < -0.4 is 17.8 Å². The van der Waals surface area contributed by atoms with Crippen molar-refractivity contribution in [3.8, 4) is 0 Å². The van der Waals surface area contributed by atoms with Gasteiger partial charge in [0.2, 0.25) is 5.13 Å². The Bertz CT molecular complexity index is 554. The van der Waals surface area contributed by atoms with Crippen molar-refractivity contribution in [2.75, 3.05) is 5.43 Å². The highest BCUT2D eigenvalue weighted by Gasteiger charge is 2.17. The van der Waals surface area contributed by atoms with Crippen LogP contribution in [-0.2, 0) is 5.41 Å². The number of nitrogens with zero attached hydrogens (tertiary/aromatic N) is 2. The Hall–Kier alpha value is -1.33. The first kappa shape index (κ1) is 15.7. The summed E-state index contributed by atoms with van der Waals surface area (Å²) >= 11 is 1.55. The molecule has 0 amide bonds. The third kappa shape index (κ3) is 4.36. The second-order valence-electron chi connectivity index (χ2n) is 5.11. The molecule has 2 aromatic heterocycles. The van der Waals surface area contributed by atoms with Crippen molar-refractivity contribution in [1.29, 1.82) is 0 Å². The van der Waals surface area contributed by atoms with E-state index < -0.39 is 0 Å². The molecule has 0 radical (unpaired) electrons. The lowest BCUT2D eigenvalue weighted by molar-refractivity contribution is -0.00000478. The normalized spacial score (nSPS) is 11.6. The average molecular weight is 299 g/mol. The molecule has 2 heterocycles. The minimum Gasteiger partial charge on any atom is -1.00 e. The van der Waals surface area contributed by atoms with Crippen LogP contribution in [0.15, 0.2) is 27.0 Å². The number of hydrogen-bond acceptors (Lipinski definition) is 5. The lowest BCUT2D eigenvalue weighted by Crippen LogP contribution is -3.00. The Morgan fingerprint density at radius 2 is 2.11 bits per heavy atom. The van der Waals surface area contributed by atoms with Crippen LogP contribution in [0.3, 0.4) is 0 Å². The third-order valence-electron chi connectivity index (χ3n) is 2.39. The van der Waals surface area contributed by atoms with Gasteiger partial charge < -0.3 is 16.8 Å². The molecule has 0 bridgehead atoms. The van der Waals surface area contributed by atoms with Crippen LogP contribution in [-0.4, -0.2) is 11.2 Å². The molecule has 4 nitrogen and oxygen atoms in total. The molecule has 19 heavy (non-hydrogen) atoms. The summed E-state index contributed by atoms with van der Waals surface area (Å²) in [6.45, 7) is 8.32. The molecule has 0 saturated carbocycles. The number of halogens is 1. The topological polar surface area (TPSA) is 50.4 Å². The van der Waals surface area contributed by atoms with Crippen LogP contribution in [0.1, 0.15) is 38.0 Å². The van der Waals surface area contributed by atoms with Gasteiger partial charge in [-0.1, -0.05) is 20.8 Å². The van der Waals surface area contributed by atoms with Gasteiger partial charge in [-0.3, -0.25) is 5.43 Å². The zero-order chi connectivity index (χ0) is 13.2. The van der Waals surface area contributed by atoms with Gasteiger partial charge in [0.25, 0.3) is 0 Å². The molecular weight excluding hydrogens is 282 g/mol. The summed E-state index contributed by atoms with van der Waals surface area (Å²) in [6, 6.07) is 3.78. The first-order valence-electron chi connectivity index (χ1n) is 5.77. The van der Waals surface area contributed by atoms with Crippen LogP contribution in [0.5, 0.6) is 0 Å². The third-order valence-corrected chi connectivity index (χ3v) is 3.13. The molecule has 0 unspecified atom stereocenters. The van der Waals surface area contributed by atoms with E-state index in [9.17, 15) is 0 Å². The number of hydrazone groups is 1. The molecular formula is C13H17ClN3OS-. The van der Waals surface area contributed by atoms with Gasteiger partial charge in [0.05, 0.1) is 11.9 Å². The Kier molecular flexibility index (Phi) is 5.14. The summed E-state index contributed by atoms with van der Waals surface area (Å²) in [4.78, 5) is 4.48. The Labute approximate surface area is 123 Å². The molecule has 0 aliphatic rings. The van der Waals surface area contributed by atoms with Crippen LogP contribution in [0.2, 0.25) is 0 Å². The van der Waals surface area contributed by atoms with Gasteiger partial charge in [0, 0.05) is 10.8 Å². The van der Waals surface area contributed by atoms with E-state index in [0.717, 1.165) is 22.3 Å². The molecule has 2 rings (SSSR count). The number of thiazole rings is 1. The van der Waals surface area contributed by atoms with Gasteiger partial charge >= 0.3 is 0 Å². The first-order chi connectivity index (χ1) is 8.45. The zero-order valence-electron chi connectivity index (χ0n) is 11.4. The molecule has 0 fully saturated rings. The lowest BCUT2D eigenvalue weighted by Gasteiger charge is -2.13. The Morgan fingerprint density at radius 3 is 2.63 bits per heavy atom. The van der Waals surface area contributed by atoms with Crippen molar-refractivity contribution in [3.63, 3.8) is 0 Å². The van der Waals surface area contributed by atoms with Crippen LogP contribution in [0, 0.1) is 6.92 Å². The van der Waals surface area contributed by atoms with E-state index in [2.05, 4.69) is 41.7 Å². The summed E-state index contributed by atoms with van der Waals surface area (Å²) in [7, 11) is 0. The molecule has 6 heteroatoms. The van der Waals surface area contributed by atoms with Gasteiger partial charge in [-0.15, -0.1) is 11.3 Å². The van der Waals surface area contributed by atoms with Gasteiger partial charge in [-0.2, -0.15) is 5.10 Å². The van der Waals surface area contributed by atoms with Crippen LogP contribution >= 0.6 is 11.3 Å². The fraction of sp³-hybridized carbons (Fsp3) is 0.385. The molecule has 1 N–H and O–H groups in total. The Balaban J connectivity index is 0.00000180. The monoisotopic (exact) mass is 298 g/mol. The van der Waals surface area contributed by atoms with E-state index in [1.54, 1.807) is 17.6 Å². The number of hydrogen-bond donors (Lipinski definition) is 1. The van der Waals surface area contributed by atoms with Crippen molar-refractivity contribution in [2.45, 2.75) is 33.1 Å². The standard InChI is InChI=1S/C13H17N3OS.ClH/c1-9-5-6-10(17-9)7-14-16-12-15-11(8-18-12)13(2,3)4;/h5-8H,1-4H3,(H,15,16);1H/p-1. The Morgan fingerprint density at radius 1 is 1.37 bits per heavy atom. The summed E-state index contributed by atoms with van der Waals surface area (Å²) < 4.78 is 5.37. The lowest BCUT2D eigenvalue weighted by atomic mass is 9.93. The number of anilines is 1. The maximum absolute atomic E-state index is 5.37. The van der Waals surface area contributed by atoms with Gasteiger partial charge in [0.15, 0.2) is 0 Å². The summed E-state index contributed by atoms with van der Waals surface area (Å²) in [5.41, 5.74) is 4.05. The highest BCUT2D eigenvalue weighted by molar-refractivity contribution is 7.13. The predicted octanol–water partition coefficient (Wildman–Crippen LogP) is 0.792. The fourth-order valence-electron chi connectivity index (χ4n) is 1.34. The van der Waals surface area contributed by atoms with Crippen molar-refractivity contribution < 1.29 is 16.8 Å². The second-order valence-corrected chi connectivity index (χ2v) is 5.96. The molecule has 0 aromatic carbocycles. The van der Waals surface area contributed by atoms with Crippen LogP contribution in [0.4, 0.5) is 5.13 Å². The molecule has 0 spiro atoms. The maximum atomic E-state index is 5.37. The van der Waals surface area contributed by atoms with E-state index in [1.807, 2.05) is 19.1 Å². The smallest absolute Gasteiger partial charge is 0.203 e. The highest BCUT2D eigenvalue weighted by atomic mass is 35.5. The number of aromatic nitrogens is 1. The minimum absolute atomic E-state index is 0. The van der Waals surface area contributed by atoms with Gasteiger partial charge in [0.1, 0.15) is 11.5 Å². The minimum atomic E-state index is 0. The maximum Gasteiger partial charge on any atom is 0.203 e. The van der Waals surface area contributed by atoms with Crippen molar-refractivity contribution in [2.24, 2.45) is 5.10 Å². The number of furan rings is 1. The van der Waals surface area contributed by atoms with Crippen molar-refractivity contribution >= 4 is 22.7 Å². The number of nitrogens with one attached hydrogen (secondary N) is 1. The number of rotatable bonds is 3. The summed E-state index contributed by atoms with van der Waals surface area (Å²) in [5, 5.41) is 6.94. The van der Waals surface area contributed by atoms with Gasteiger partial charge in [-0.25, -0.2) is 4.98 Å². The quantitative estimate of drug-likeness (QED) is 0.673. The predicted molar refractivity (Wildman–Crippen MR) is 75.5 cm³/mol. The first-order valence-corrected chi connectivity index (χ1v) is 6.64. The van der Waals surface area contributed by atoms with Crippen molar-refractivity contribution in [1.82, 2.24) is 4.98 Å². The molecule has 2 aromatic rings. The molecule has 0 aliphatic heterocycles. The van der Waals surface area contributed by atoms with E-state index in [1.165, 1.54) is 0 Å². The average Bonchev–Trinajstić information content (AvgIpc) is 2.87. The molecule has 0 atom stereocenters. The largest absolute Gasteiger partial charge is 1.00 e. The van der Waals surface area contributed by atoms with E-state index in [0.29, 0.717) is 0 Å². The molecule has 104 valence electrons. The zero-order valence-corrected chi connectivity index (χ0v) is 13.0. The van der Waals surface area contributed by atoms with E-state index in [4.69, 9.17) is 4.42 Å². The van der Waals surface area contributed by atoms with E-state index >= 15 is 0 Å². The molecule has 0 aliphatic carbocycles. The summed E-state index contributed by atoms with van der Waals surface area (Å²) in [6.07, 6.45) is 1.64.